The molecule has 0 spiro atoms. The van der Waals surface area contributed by atoms with Gasteiger partial charge in [-0.15, -0.1) is 0 Å². The largest absolute Gasteiger partial charge is 0.490 e. The third kappa shape index (κ3) is 10.4. The van der Waals surface area contributed by atoms with Crippen molar-refractivity contribution in [1.82, 2.24) is 9.97 Å². The fourth-order valence-corrected chi connectivity index (χ4v) is 5.09. The topological polar surface area (TPSA) is 84.7 Å². The molecule has 1 radical (unpaired) electrons. The Morgan fingerprint density at radius 2 is 1.59 bits per heavy atom. The molecule has 2 N–H and O–H groups in total. The zero-order valence-electron chi connectivity index (χ0n) is 22.3. The Morgan fingerprint density at radius 1 is 1.00 bits per heavy atom. The van der Waals surface area contributed by atoms with Crippen molar-refractivity contribution >= 4 is 45.9 Å². The summed E-state index contributed by atoms with van der Waals surface area (Å²) in [5, 5.41) is 18.6. The Morgan fingerprint density at radius 3 is 2.06 bits per heavy atom. The van der Waals surface area contributed by atoms with E-state index in [-0.39, 0.29) is 16.6 Å². The van der Waals surface area contributed by atoms with Crippen LogP contribution in [0.2, 0.25) is 31.2 Å². The van der Waals surface area contributed by atoms with Crippen molar-refractivity contribution in [2.24, 2.45) is 5.41 Å². The summed E-state index contributed by atoms with van der Waals surface area (Å²) in [6.07, 6.45) is 6.74. The third-order valence-electron chi connectivity index (χ3n) is 5.69. The van der Waals surface area contributed by atoms with Crippen LogP contribution in [0.5, 0.6) is 0 Å². The number of nitrogens with zero attached hydrogens (tertiary/aromatic N) is 2. The van der Waals surface area contributed by atoms with Crippen LogP contribution in [0, 0.1) is 5.41 Å². The molecule has 2 rings (SSSR count). The molecule has 0 saturated heterocycles. The summed E-state index contributed by atoms with van der Waals surface area (Å²) in [6, 6.07) is 3.80. The molecule has 2 heterocycles. The van der Waals surface area contributed by atoms with Gasteiger partial charge in [-0.1, -0.05) is 47.6 Å². The monoisotopic (exact) mass is 567 g/mol. The van der Waals surface area contributed by atoms with E-state index >= 15 is 0 Å². The summed E-state index contributed by atoms with van der Waals surface area (Å²) in [7, 11) is -3.99. The zero-order chi connectivity index (χ0) is 26.3. The minimum Gasteiger partial charge on any atom is -0.423 e. The number of pyridine rings is 2. The van der Waals surface area contributed by atoms with Gasteiger partial charge in [0.25, 0.3) is 0 Å². The van der Waals surface area contributed by atoms with Gasteiger partial charge in [-0.2, -0.15) is 0 Å². The van der Waals surface area contributed by atoms with Gasteiger partial charge in [-0.25, -0.2) is 0 Å². The first-order valence-corrected chi connectivity index (χ1v) is 17.6. The highest BCUT2D eigenvalue weighted by Gasteiger charge is 2.37. The second-order valence-electron chi connectivity index (χ2n) is 11.3. The lowest BCUT2D eigenvalue weighted by atomic mass is 9.78. The molecule has 10 heteroatoms. The van der Waals surface area contributed by atoms with E-state index in [0.29, 0.717) is 12.1 Å². The van der Waals surface area contributed by atoms with Crippen LogP contribution in [0.25, 0.3) is 0 Å². The first-order valence-electron chi connectivity index (χ1n) is 11.4. The Balaban J connectivity index is 0.000000342. The van der Waals surface area contributed by atoms with Crippen LogP contribution in [0.1, 0.15) is 58.8 Å². The maximum absolute atomic E-state index is 9.20. The predicted octanol–water partition coefficient (Wildman–Crippen LogP) is 5.48. The van der Waals surface area contributed by atoms with Crippen molar-refractivity contribution in [1.29, 1.82) is 0 Å². The summed E-state index contributed by atoms with van der Waals surface area (Å²) in [5.74, 6) is 0. The molecular formula is C24H41BBrN2O4Si2. The minimum atomic E-state index is -1.65. The van der Waals surface area contributed by atoms with Gasteiger partial charge in [0.05, 0.1) is 12.7 Å². The van der Waals surface area contributed by atoms with Crippen LogP contribution in [0.15, 0.2) is 41.4 Å². The number of hydrogen-bond acceptors (Lipinski definition) is 6. The Kier molecular flexibility index (Phi) is 11.8. The standard InChI is InChI=1S/C12H21BNO3Si.C12H20BrNOSi/c1-12(2,3)11(17-18(4)5)9-6-10(13(15)16)8-14-7-9;1-12(2,3)16(4,5)15-9-10-6-11(13)8-14-7-10/h6-8,11,15-16H,1-5H3;6-8H,9H2,1-5H3. The van der Waals surface area contributed by atoms with Crippen LogP contribution >= 0.6 is 15.9 Å². The summed E-state index contributed by atoms with van der Waals surface area (Å²) in [6.45, 7) is 22.4. The summed E-state index contributed by atoms with van der Waals surface area (Å²) in [5.41, 5.74) is 2.34. The minimum absolute atomic E-state index is 0.0668. The molecule has 6 nitrogen and oxygen atoms in total. The first kappa shape index (κ1) is 31.1. The number of aromatic nitrogens is 2. The van der Waals surface area contributed by atoms with Crippen LogP contribution in [0.3, 0.4) is 0 Å². The van der Waals surface area contributed by atoms with E-state index in [1.807, 2.05) is 6.20 Å². The maximum atomic E-state index is 9.20. The van der Waals surface area contributed by atoms with Crippen molar-refractivity contribution in [3.63, 3.8) is 0 Å². The van der Waals surface area contributed by atoms with E-state index in [1.54, 1.807) is 18.5 Å². The molecule has 0 bridgehead atoms. The molecule has 0 amide bonds. The van der Waals surface area contributed by atoms with E-state index in [4.69, 9.17) is 8.85 Å². The van der Waals surface area contributed by atoms with Gasteiger partial charge in [-0.05, 0) is 69.8 Å². The van der Waals surface area contributed by atoms with Gasteiger partial charge in [0, 0.05) is 34.7 Å². The van der Waals surface area contributed by atoms with E-state index in [1.165, 1.54) is 6.20 Å². The Hall–Kier alpha value is -0.881. The predicted molar refractivity (Wildman–Crippen MR) is 149 cm³/mol. The molecule has 2 aromatic rings. The van der Waals surface area contributed by atoms with Crippen LogP contribution in [-0.4, -0.2) is 44.5 Å². The van der Waals surface area contributed by atoms with Crippen molar-refractivity contribution in [3.8, 4) is 0 Å². The summed E-state index contributed by atoms with van der Waals surface area (Å²) < 4.78 is 13.2. The van der Waals surface area contributed by atoms with E-state index < -0.39 is 24.5 Å². The molecule has 0 aliphatic rings. The van der Waals surface area contributed by atoms with Crippen LogP contribution < -0.4 is 5.46 Å². The lowest BCUT2D eigenvalue weighted by molar-refractivity contribution is 0.0863. The highest BCUT2D eigenvalue weighted by molar-refractivity contribution is 9.10. The van der Waals surface area contributed by atoms with Crippen molar-refractivity contribution < 1.29 is 18.9 Å². The van der Waals surface area contributed by atoms with Gasteiger partial charge in [-0.3, -0.25) is 9.97 Å². The van der Waals surface area contributed by atoms with Crippen molar-refractivity contribution in [2.45, 2.75) is 85.5 Å². The van der Waals surface area contributed by atoms with Gasteiger partial charge >= 0.3 is 7.12 Å². The van der Waals surface area contributed by atoms with Gasteiger partial charge < -0.3 is 18.9 Å². The first-order chi connectivity index (χ1) is 15.4. The fraction of sp³-hybridized carbons (Fsp3) is 0.583. The number of rotatable bonds is 7. The summed E-state index contributed by atoms with van der Waals surface area (Å²) in [4.78, 5) is 8.19. The lowest BCUT2D eigenvalue weighted by Gasteiger charge is -2.36. The molecule has 1 atom stereocenters. The normalized spacial score (nSPS) is 13.4. The van der Waals surface area contributed by atoms with Crippen LogP contribution in [0.4, 0.5) is 0 Å². The van der Waals surface area contributed by atoms with E-state index in [9.17, 15) is 10.0 Å². The molecule has 2 aromatic heterocycles. The molecule has 0 fully saturated rings. The summed E-state index contributed by atoms with van der Waals surface area (Å²) >= 11 is 3.42. The van der Waals surface area contributed by atoms with Crippen LogP contribution in [-0.2, 0) is 15.5 Å². The molecule has 0 aliphatic heterocycles. The third-order valence-corrected chi connectivity index (χ3v) is 11.3. The molecule has 1 unspecified atom stereocenters. The second-order valence-corrected chi connectivity index (χ2v) is 19.0. The van der Waals surface area contributed by atoms with Gasteiger partial charge in [0.15, 0.2) is 8.32 Å². The Bertz CT molecular complexity index is 903. The molecule has 34 heavy (non-hydrogen) atoms. The average Bonchev–Trinajstić information content (AvgIpc) is 2.69. The molecule has 0 saturated carbocycles. The maximum Gasteiger partial charge on any atom is 0.490 e. The van der Waals surface area contributed by atoms with Crippen molar-refractivity contribution in [2.75, 3.05) is 0 Å². The quantitative estimate of drug-likeness (QED) is 0.431. The highest BCUT2D eigenvalue weighted by Crippen LogP contribution is 2.37. The van der Waals surface area contributed by atoms with Crippen molar-refractivity contribution in [3.05, 3.63) is 52.5 Å². The second kappa shape index (κ2) is 12.9. The van der Waals surface area contributed by atoms with Gasteiger partial charge in [0.1, 0.15) is 0 Å². The van der Waals surface area contributed by atoms with Gasteiger partial charge in [0.2, 0.25) is 9.04 Å². The number of halogens is 1. The lowest BCUT2D eigenvalue weighted by Crippen LogP contribution is -2.40. The number of hydrogen-bond donors (Lipinski definition) is 2. The highest BCUT2D eigenvalue weighted by atomic mass is 79.9. The van der Waals surface area contributed by atoms with E-state index in [2.05, 4.69) is 99.7 Å². The average molecular weight is 568 g/mol. The molecule has 0 aliphatic carbocycles. The molecular weight excluding hydrogens is 527 g/mol. The van der Waals surface area contributed by atoms with E-state index in [0.717, 1.165) is 15.6 Å². The fourth-order valence-electron chi connectivity index (χ4n) is 2.76. The smallest absolute Gasteiger partial charge is 0.423 e. The SMILES string of the molecule is CC(C)(C)[Si](C)(C)OCc1cncc(Br)c1.C[Si](C)OC(c1cncc(B(O)O)c1)C(C)(C)C. The molecule has 189 valence electrons. The molecule has 0 aromatic carbocycles. The zero-order valence-corrected chi connectivity index (χ0v) is 25.9. The Labute approximate surface area is 217 Å².